The maximum atomic E-state index is 14.6. The summed E-state index contributed by atoms with van der Waals surface area (Å²) in [5, 5.41) is 21.0. The molecule has 3 saturated heterocycles. The number of amides is 4. The number of methoxy groups -OCH3 is 1. The van der Waals surface area contributed by atoms with E-state index in [4.69, 9.17) is 23.4 Å². The highest BCUT2D eigenvalue weighted by molar-refractivity contribution is 7.13. The number of carbonyl (C=O) groups is 7. The number of hydrazine groups is 1. The molecule has 5 heterocycles. The van der Waals surface area contributed by atoms with Gasteiger partial charge in [0.15, 0.2) is 24.4 Å². The van der Waals surface area contributed by atoms with Crippen LogP contribution in [-0.2, 0) is 52.7 Å². The van der Waals surface area contributed by atoms with Gasteiger partial charge in [0.25, 0.3) is 29.4 Å². The molecule has 406 valence electrons. The minimum Gasteiger partial charge on any atom is -0.488 e. The van der Waals surface area contributed by atoms with E-state index in [1.165, 1.54) is 36.6 Å². The molecule has 5 N–H and O–H groups in total. The van der Waals surface area contributed by atoms with Crippen LogP contribution < -0.4 is 36.3 Å². The van der Waals surface area contributed by atoms with Gasteiger partial charge < -0.3 is 44.1 Å². The Morgan fingerprint density at radius 3 is 2.28 bits per heavy atom. The molecule has 3 aliphatic rings. The van der Waals surface area contributed by atoms with Crippen LogP contribution in [0.2, 0.25) is 0 Å². The fourth-order valence-corrected chi connectivity index (χ4v) is 9.76. The highest BCUT2D eigenvalue weighted by atomic mass is 32.1. The first-order chi connectivity index (χ1) is 38.2. The van der Waals surface area contributed by atoms with Crippen LogP contribution in [0.5, 0.6) is 11.5 Å². The quantitative estimate of drug-likeness (QED) is 0.0187. The number of nitrogens with one attached hydrogen (secondary N) is 5. The number of Topliss-reactive ketones (excluding diaryl/α,β-unsaturated/α-hetero) is 1. The summed E-state index contributed by atoms with van der Waals surface area (Å²) in [5.41, 5.74) is 8.11. The van der Waals surface area contributed by atoms with Gasteiger partial charge in [0, 0.05) is 41.9 Å². The van der Waals surface area contributed by atoms with Crippen molar-refractivity contribution >= 4 is 63.5 Å². The summed E-state index contributed by atoms with van der Waals surface area (Å²) in [5.74, 6) is -4.85. The lowest BCUT2D eigenvalue weighted by Crippen LogP contribution is -2.50. The molecule has 20 nitrogen and oxygen atoms in total. The second-order valence-corrected chi connectivity index (χ2v) is 20.0. The number of benzene rings is 5. The van der Waals surface area contributed by atoms with Gasteiger partial charge in [0.05, 0.1) is 19.2 Å². The van der Waals surface area contributed by atoms with E-state index >= 15 is 0 Å². The predicted octanol–water partition coefficient (Wildman–Crippen LogP) is 5.78. The smallest absolute Gasteiger partial charge is 0.343 e. The van der Waals surface area contributed by atoms with E-state index in [2.05, 4.69) is 41.7 Å². The van der Waals surface area contributed by atoms with Gasteiger partial charge in [-0.3, -0.25) is 34.8 Å². The largest absolute Gasteiger partial charge is 0.488 e. The summed E-state index contributed by atoms with van der Waals surface area (Å²) < 4.78 is 47.2. The van der Waals surface area contributed by atoms with E-state index in [1.807, 2.05) is 73.0 Å². The van der Waals surface area contributed by atoms with Gasteiger partial charge in [0.2, 0.25) is 11.8 Å². The number of ether oxygens (including phenoxy) is 5. The first kappa shape index (κ1) is 53.7. The fourth-order valence-electron chi connectivity index (χ4n) is 9.04. The van der Waals surface area contributed by atoms with Gasteiger partial charge in [-0.1, -0.05) is 54.6 Å². The number of nitrogens with zero attached hydrogens (tertiary/aromatic N) is 2. The highest BCUT2D eigenvalue weighted by Crippen LogP contribution is 2.35. The second kappa shape index (κ2) is 23.5. The van der Waals surface area contributed by atoms with Crippen LogP contribution in [0.15, 0.2) is 119 Å². The number of fused-ring (bicyclic) bond motifs is 1. The van der Waals surface area contributed by atoms with Crippen molar-refractivity contribution in [3.63, 3.8) is 0 Å². The number of hydrogen-bond acceptors (Lipinski definition) is 17. The van der Waals surface area contributed by atoms with Crippen molar-refractivity contribution < 1.29 is 66.1 Å². The van der Waals surface area contributed by atoms with E-state index in [1.54, 1.807) is 37.3 Å². The Kier molecular flexibility index (Phi) is 16.0. The SMILES string of the molecule is COC(=O)C1OC1C(=O)NNC(=O)CCc1ccc(OC2CNC2)cc1C(=O)N[C@H](C)c1cc(OC(=O)C2OC2C(=O)c2nnc(CCc3cc(F)ccc3C(=O)N[C@H](C)c3cccc4ccccc34)o2)cc(-c2cccs2)c1. The van der Waals surface area contributed by atoms with Crippen LogP contribution in [0.25, 0.3) is 21.2 Å². The van der Waals surface area contributed by atoms with E-state index < -0.39 is 83.5 Å². The van der Waals surface area contributed by atoms with Crippen molar-refractivity contribution in [3.05, 3.63) is 166 Å². The van der Waals surface area contributed by atoms with Crippen LogP contribution in [0.4, 0.5) is 4.39 Å². The van der Waals surface area contributed by atoms with Gasteiger partial charge in [-0.05, 0) is 125 Å². The molecule has 3 fully saturated rings. The number of ketones is 1. The summed E-state index contributed by atoms with van der Waals surface area (Å²) >= 11 is 1.44. The zero-order valence-corrected chi connectivity index (χ0v) is 43.6. The highest BCUT2D eigenvalue weighted by Gasteiger charge is 2.54. The number of thiophene rings is 1. The van der Waals surface area contributed by atoms with Crippen LogP contribution in [0.3, 0.4) is 0 Å². The third-order valence-electron chi connectivity index (χ3n) is 13.5. The van der Waals surface area contributed by atoms with Crippen molar-refractivity contribution in [2.24, 2.45) is 0 Å². The number of esters is 2. The first-order valence-corrected chi connectivity index (χ1v) is 26.2. The molecule has 3 aliphatic heterocycles. The summed E-state index contributed by atoms with van der Waals surface area (Å²) in [6.07, 6.45) is -4.66. The van der Waals surface area contributed by atoms with Crippen LogP contribution in [0.1, 0.15) is 91.9 Å². The number of aryl methyl sites for hydroxylation is 3. The molecular formula is C57H52FN7O13S. The third kappa shape index (κ3) is 12.7. The molecule has 7 aromatic rings. The monoisotopic (exact) mass is 1090 g/mol. The molecule has 22 heteroatoms. The van der Waals surface area contributed by atoms with Crippen LogP contribution >= 0.6 is 11.3 Å². The van der Waals surface area contributed by atoms with E-state index in [0.29, 0.717) is 41.1 Å². The zero-order chi connectivity index (χ0) is 55.3. The topological polar surface area (TPSA) is 271 Å². The Morgan fingerprint density at radius 2 is 1.49 bits per heavy atom. The Bertz CT molecular complexity index is 3490. The number of rotatable bonds is 21. The lowest BCUT2D eigenvalue weighted by atomic mass is 9.98. The number of hydrogen-bond donors (Lipinski definition) is 5. The zero-order valence-electron chi connectivity index (χ0n) is 42.7. The molecule has 10 rings (SSSR count). The molecule has 0 bridgehead atoms. The van der Waals surface area contributed by atoms with Gasteiger partial charge >= 0.3 is 11.9 Å². The third-order valence-corrected chi connectivity index (χ3v) is 14.4. The molecule has 0 spiro atoms. The average Bonchev–Trinajstić information content (AvgIpc) is 4.45. The van der Waals surface area contributed by atoms with Crippen molar-refractivity contribution in [2.45, 2.75) is 82.1 Å². The van der Waals surface area contributed by atoms with Crippen LogP contribution in [-0.4, -0.2) is 102 Å². The standard InChI is InChI=1S/C57H52FN7O13S/c1-29(60-53(69)43-26-37(74-39-27-59-28-39)17-13-32(43)14-19-45(66)62-64-54(70)49-51(78-49)56(71)73-3)34-22-35(44-12-7-21-79-44)25-38(24-34)75-57(72)50-48(77-50)47(67)55-65-63-46(76-55)20-15-33-23-36(58)16-18-42(33)52(68)61-30(2)40-11-6-9-31-8-4-5-10-41(31)40/h4-13,16-18,21-26,29-30,39,48-51,59H,14-15,19-20,27-28H2,1-3H3,(H,60,69)(H,61,68)(H,62,66)(H,64,70)/t29-,30-,48?,49?,50?,51?/m1/s1. The Labute approximate surface area is 454 Å². The van der Waals surface area contributed by atoms with Crippen molar-refractivity contribution in [2.75, 3.05) is 20.2 Å². The first-order valence-electron chi connectivity index (χ1n) is 25.3. The van der Waals surface area contributed by atoms with E-state index in [9.17, 15) is 38.0 Å². The molecule has 0 saturated carbocycles. The summed E-state index contributed by atoms with van der Waals surface area (Å²) in [6, 6.07) is 30.4. The molecule has 79 heavy (non-hydrogen) atoms. The van der Waals surface area contributed by atoms with Crippen molar-refractivity contribution in [1.29, 1.82) is 0 Å². The van der Waals surface area contributed by atoms with E-state index in [-0.39, 0.29) is 60.6 Å². The second-order valence-electron chi connectivity index (χ2n) is 19.0. The van der Waals surface area contributed by atoms with Crippen molar-refractivity contribution in [3.8, 4) is 21.9 Å². The molecular weight excluding hydrogens is 1040 g/mol. The normalized spacial score (nSPS) is 18.0. The van der Waals surface area contributed by atoms with E-state index in [0.717, 1.165) is 21.2 Å². The lowest BCUT2D eigenvalue weighted by molar-refractivity contribution is -0.142. The average molecular weight is 1090 g/mol. The Balaban J connectivity index is 0.764. The maximum absolute atomic E-state index is 14.6. The van der Waals surface area contributed by atoms with Gasteiger partial charge in [0.1, 0.15) is 23.4 Å². The summed E-state index contributed by atoms with van der Waals surface area (Å²) in [6.45, 7) is 4.90. The number of carbonyl (C=O) groups excluding carboxylic acids is 7. The molecule has 0 aliphatic carbocycles. The number of epoxide rings is 2. The minimum atomic E-state index is -1.30. The predicted molar refractivity (Wildman–Crippen MR) is 281 cm³/mol. The van der Waals surface area contributed by atoms with Crippen molar-refractivity contribution in [1.82, 2.24) is 37.0 Å². The maximum Gasteiger partial charge on any atom is 0.343 e. The lowest BCUT2D eigenvalue weighted by Gasteiger charge is -2.28. The molecule has 4 amide bonds. The molecule has 4 unspecified atom stereocenters. The Morgan fingerprint density at radius 1 is 0.722 bits per heavy atom. The number of halogens is 1. The molecule has 0 radical (unpaired) electrons. The van der Waals surface area contributed by atoms with Gasteiger partial charge in [-0.2, -0.15) is 0 Å². The summed E-state index contributed by atoms with van der Waals surface area (Å²) in [4.78, 5) is 92.6. The summed E-state index contributed by atoms with van der Waals surface area (Å²) in [7, 11) is 1.17. The van der Waals surface area contributed by atoms with Gasteiger partial charge in [-0.15, -0.1) is 21.5 Å². The molecule has 6 atom stereocenters. The van der Waals surface area contributed by atoms with Crippen LogP contribution in [0, 0.1) is 5.82 Å². The minimum absolute atomic E-state index is 0.0400. The van der Waals surface area contributed by atoms with Gasteiger partial charge in [-0.25, -0.2) is 14.0 Å². The molecule has 2 aromatic heterocycles. The number of aromatic nitrogens is 2. The fraction of sp³-hybridized carbons (Fsp3) is 0.281. The molecule has 5 aromatic carbocycles. The Hall–Kier alpha value is -8.70.